The molecule has 0 radical (unpaired) electrons. The molecule has 2 saturated heterocycles. The zero-order chi connectivity index (χ0) is 74.5. The first-order chi connectivity index (χ1) is 49.1. The lowest BCUT2D eigenvalue weighted by Gasteiger charge is -2.42. The number of aromatic hydroxyl groups is 2. The number of alkyl halides is 6. The first-order valence-corrected chi connectivity index (χ1v) is 34.9. The maximum absolute atomic E-state index is 14.4. The molecule has 0 spiro atoms. The molecule has 22 nitrogen and oxygen atoms in total. The number of halogens is 7. The highest BCUT2D eigenvalue weighted by atomic mass is 35.5. The Labute approximate surface area is 597 Å². The maximum atomic E-state index is 14.4. The Hall–Kier alpha value is -8.29. The van der Waals surface area contributed by atoms with E-state index in [1.165, 1.54) is 36.4 Å². The number of aliphatic hydroxyl groups excluding tert-OH is 6. The quantitative estimate of drug-likeness (QED) is 0.0229. The largest absolute Gasteiger partial charge is 0.507 e. The van der Waals surface area contributed by atoms with E-state index >= 15 is 0 Å². The molecule has 2 aliphatic carbocycles. The van der Waals surface area contributed by atoms with Gasteiger partial charge in [0, 0.05) is 127 Å². The van der Waals surface area contributed by atoms with E-state index in [1.54, 1.807) is 23.6 Å². The van der Waals surface area contributed by atoms with Crippen LogP contribution in [0, 0.1) is 11.8 Å². The molecule has 29 heteroatoms. The number of nitrogens with zero attached hydrogens (tertiary/aromatic N) is 4. The van der Waals surface area contributed by atoms with Crippen LogP contribution < -0.4 is 42.1 Å². The van der Waals surface area contributed by atoms with Crippen molar-refractivity contribution in [3.63, 3.8) is 0 Å². The molecule has 0 saturated carbocycles. The number of likely N-dealkylation sites (N-methyl/N-ethyl adjacent to an activating group) is 2. The van der Waals surface area contributed by atoms with Gasteiger partial charge in [0.2, 0.25) is 11.1 Å². The van der Waals surface area contributed by atoms with Gasteiger partial charge in [-0.05, 0) is 211 Å². The molecular formula is C74H89ClF6N10O12. The molecule has 4 heterocycles. The molecule has 15 N–H and O–H groups in total. The Morgan fingerprint density at radius 3 is 1.25 bits per heavy atom. The number of amides is 5. The van der Waals surface area contributed by atoms with Crippen molar-refractivity contribution in [1.82, 2.24) is 15.1 Å². The second-order valence-electron chi connectivity index (χ2n) is 26.9. The SMILES string of the molecule is CCC(=O)Cl.CCC(=O)NCC1CCN(c2ccc(NC(=O)Nc3cc(CO)c(O)c4c3CC3c5c(cc(CO)c(CO)c5-4)CCN3C)cc2C(F)(F)F)CC1.CN1CCc2cc(CO)c(CO)c3c2C1Cc1c(NC(=O)Nc2ccc(N4CCC(CN)CC4)c(C(F)(F)F)c2)cc(CO)c(O)c1-3. The van der Waals surface area contributed by atoms with Crippen molar-refractivity contribution >= 4 is 68.9 Å². The van der Waals surface area contributed by atoms with Crippen LogP contribution in [0.15, 0.2) is 60.7 Å². The van der Waals surface area contributed by atoms with Crippen molar-refractivity contribution in [3.8, 4) is 33.8 Å². The minimum Gasteiger partial charge on any atom is -0.507 e. The minimum atomic E-state index is -4.70. The van der Waals surface area contributed by atoms with Gasteiger partial charge in [-0.2, -0.15) is 26.3 Å². The lowest BCUT2D eigenvalue weighted by molar-refractivity contribution is -0.137. The van der Waals surface area contributed by atoms with Crippen LogP contribution in [0.25, 0.3) is 22.3 Å². The van der Waals surface area contributed by atoms with E-state index in [2.05, 4.69) is 36.4 Å². The Kier molecular flexibility index (Phi) is 24.6. The molecule has 0 bridgehead atoms. The number of nitrogens with one attached hydrogen (secondary N) is 5. The first kappa shape index (κ1) is 77.3. The number of urea groups is 2. The van der Waals surface area contributed by atoms with Crippen LogP contribution in [0.5, 0.6) is 11.5 Å². The van der Waals surface area contributed by atoms with Crippen LogP contribution in [0.3, 0.4) is 0 Å². The fraction of sp³-hybridized carbons (Fsp3) is 0.459. The number of aliphatic hydroxyl groups is 6. The number of carbonyl (C=O) groups is 4. The number of carbonyl (C=O) groups excluding carboxylic acids is 4. The highest BCUT2D eigenvalue weighted by Gasteiger charge is 2.43. The topological polar surface area (TPSA) is 329 Å². The standard InChI is InChI=1S/C37H44F3N5O6.C34H40F3N5O5.C3H5ClO/c1-3-31(49)41-16-20-6-10-45(11-7-20)29-5-4-24(14-27(29)37(38,39)40)42-36(51)43-28-13-23(18-47)35(50)34-25(28)15-30-32-21(8-9-44(30)2)12-22(17-46)26(19-48)33(32)34;1-41-7-6-19-10-20(15-43)24(17-45)30-29(19)28(41)13-23-26(11-21(16-44)32(46)31(23)30)40-33(47)39-22-2-3-27(25(12-22)34(35,36)37)42-8-4-18(14-38)5-9-42;1-2-3(4)5/h4-5,12-14,20,30,46-48,50H,3,6-11,15-19H2,1-2H3,(H,41,49)(H2,42,43,51);2-3,10-12,18,28,43-46H,4-9,13-17,38H2,1H3,(H2,39,40,47);2H2,1H3. The van der Waals surface area contributed by atoms with Crippen molar-refractivity contribution < 1.29 is 86.4 Å². The highest BCUT2D eigenvalue weighted by Crippen LogP contribution is 2.56. The molecule has 6 aromatic carbocycles. The van der Waals surface area contributed by atoms with Crippen LogP contribution in [0.2, 0.25) is 0 Å². The summed E-state index contributed by atoms with van der Waals surface area (Å²) in [7, 11) is 3.92. The Morgan fingerprint density at radius 2 is 0.913 bits per heavy atom. The van der Waals surface area contributed by atoms with Gasteiger partial charge >= 0.3 is 24.4 Å². The number of piperidine rings is 2. The van der Waals surface area contributed by atoms with Gasteiger partial charge in [0.1, 0.15) is 11.5 Å². The summed E-state index contributed by atoms with van der Waals surface area (Å²) in [6.07, 6.45) is -3.78. The second-order valence-corrected chi connectivity index (χ2v) is 27.3. The van der Waals surface area contributed by atoms with Crippen molar-refractivity contribution in [3.05, 3.63) is 139 Å². The molecule has 0 aromatic heterocycles. The van der Waals surface area contributed by atoms with Gasteiger partial charge in [-0.3, -0.25) is 19.4 Å². The molecule has 2 fully saturated rings. The van der Waals surface area contributed by atoms with E-state index in [9.17, 15) is 86.4 Å². The average molecular weight is 1460 g/mol. The Morgan fingerprint density at radius 1 is 0.524 bits per heavy atom. The zero-order valence-corrected chi connectivity index (χ0v) is 58.5. The number of rotatable bonds is 17. The van der Waals surface area contributed by atoms with E-state index in [4.69, 9.17) is 17.3 Å². The average Bonchev–Trinajstić information content (AvgIpc) is 0.723. The van der Waals surface area contributed by atoms with Crippen molar-refractivity contribution in [2.45, 2.75) is 142 Å². The van der Waals surface area contributed by atoms with Crippen LogP contribution in [0.4, 0.5) is 70.1 Å². The minimum absolute atomic E-state index is 0.0151. The second kappa shape index (κ2) is 32.8. The summed E-state index contributed by atoms with van der Waals surface area (Å²) >= 11 is 4.82. The monoisotopic (exact) mass is 1460 g/mol. The number of hydrogen-bond acceptors (Lipinski definition) is 17. The van der Waals surface area contributed by atoms with Gasteiger partial charge in [0.15, 0.2) is 0 Å². The molecule has 6 aromatic rings. The number of nitrogens with two attached hydrogens (primary N) is 1. The predicted molar refractivity (Wildman–Crippen MR) is 380 cm³/mol. The lowest BCUT2D eigenvalue weighted by Crippen LogP contribution is -2.39. The van der Waals surface area contributed by atoms with E-state index in [0.717, 1.165) is 40.9 Å². The van der Waals surface area contributed by atoms with Gasteiger partial charge < -0.3 is 83.0 Å². The van der Waals surface area contributed by atoms with E-state index < -0.39 is 62.0 Å². The summed E-state index contributed by atoms with van der Waals surface area (Å²) in [5.41, 5.74) is 13.3. The fourth-order valence-electron chi connectivity index (χ4n) is 15.3. The molecular weight excluding hydrogens is 1370 g/mol. The lowest BCUT2D eigenvalue weighted by atomic mass is 9.73. The van der Waals surface area contributed by atoms with Gasteiger partial charge in [-0.25, -0.2) is 9.59 Å². The van der Waals surface area contributed by atoms with E-state index in [-0.39, 0.29) is 105 Å². The maximum Gasteiger partial charge on any atom is 0.418 e. The Bertz CT molecular complexity index is 4170. The fourth-order valence-corrected chi connectivity index (χ4v) is 15.3. The summed E-state index contributed by atoms with van der Waals surface area (Å²) in [6, 6.07) is 12.1. The predicted octanol–water partition coefficient (Wildman–Crippen LogP) is 10.6. The van der Waals surface area contributed by atoms with Gasteiger partial charge in [0.25, 0.3) is 0 Å². The summed E-state index contributed by atoms with van der Waals surface area (Å²) in [5.74, 6) is -0.0153. The molecule has 2 unspecified atom stereocenters. The number of phenols is 2. The summed E-state index contributed by atoms with van der Waals surface area (Å²) in [5, 5.41) is 97.6. The molecule has 103 heavy (non-hydrogen) atoms. The summed E-state index contributed by atoms with van der Waals surface area (Å²) in [6.45, 7) is 4.96. The molecule has 12 rings (SSSR count). The van der Waals surface area contributed by atoms with E-state index in [0.29, 0.717) is 166 Å². The number of benzene rings is 6. The third-order valence-electron chi connectivity index (χ3n) is 20.8. The molecule has 4 aliphatic heterocycles. The molecule has 2 atom stereocenters. The van der Waals surface area contributed by atoms with E-state index in [1.807, 2.05) is 26.2 Å². The summed E-state index contributed by atoms with van der Waals surface area (Å²) < 4.78 is 85.9. The first-order valence-electron chi connectivity index (χ1n) is 34.5. The number of anilines is 6. The van der Waals surface area contributed by atoms with Crippen LogP contribution in [-0.4, -0.2) is 140 Å². The van der Waals surface area contributed by atoms with Gasteiger partial charge in [-0.15, -0.1) is 0 Å². The van der Waals surface area contributed by atoms with Crippen molar-refractivity contribution in [1.29, 1.82) is 0 Å². The highest BCUT2D eigenvalue weighted by molar-refractivity contribution is 6.63. The van der Waals surface area contributed by atoms with Crippen LogP contribution in [-0.2, 0) is 87.3 Å². The van der Waals surface area contributed by atoms with Gasteiger partial charge in [-0.1, -0.05) is 26.0 Å². The third kappa shape index (κ3) is 16.5. The summed E-state index contributed by atoms with van der Waals surface area (Å²) in [4.78, 5) is 55.7. The van der Waals surface area contributed by atoms with Crippen LogP contribution in [0.1, 0.15) is 142 Å². The van der Waals surface area contributed by atoms with Gasteiger partial charge in [0.05, 0.1) is 50.8 Å². The zero-order valence-electron chi connectivity index (χ0n) is 57.8. The third-order valence-corrected chi connectivity index (χ3v) is 21.1. The smallest absolute Gasteiger partial charge is 0.418 e. The van der Waals surface area contributed by atoms with Crippen LogP contribution >= 0.6 is 11.6 Å². The normalized spacial score (nSPS) is 17.3. The molecule has 556 valence electrons. The number of fused-ring (bicyclic) bond motifs is 4. The van der Waals surface area contributed by atoms with Crippen molar-refractivity contribution in [2.24, 2.45) is 17.6 Å². The Balaban J connectivity index is 0.000000208. The molecule has 6 aliphatic rings. The number of hydrogen-bond donors (Lipinski definition) is 14. The molecule has 5 amide bonds. The van der Waals surface area contributed by atoms with Crippen molar-refractivity contribution in [2.75, 3.05) is 97.5 Å².